The molecular formula is C49H66N2O2. The lowest BCUT2D eigenvalue weighted by Crippen LogP contribution is -2.36. The van der Waals surface area contributed by atoms with Crippen LogP contribution in [0.3, 0.4) is 0 Å². The Kier molecular flexibility index (Phi) is 15.2. The summed E-state index contributed by atoms with van der Waals surface area (Å²) in [4.78, 5) is 11.7. The van der Waals surface area contributed by atoms with E-state index in [0.29, 0.717) is 0 Å². The van der Waals surface area contributed by atoms with Crippen LogP contribution in [0.4, 0.5) is 0 Å². The summed E-state index contributed by atoms with van der Waals surface area (Å²) in [5, 5.41) is 13.5. The van der Waals surface area contributed by atoms with Gasteiger partial charge in [-0.15, -0.1) is 6.58 Å². The van der Waals surface area contributed by atoms with Crippen molar-refractivity contribution >= 4 is 44.5 Å². The topological polar surface area (TPSA) is 68.2 Å². The molecule has 3 N–H and O–H groups in total. The number of carbonyl (C=O) groups excluding carboxylic acids is 1. The molecule has 1 aliphatic carbocycles. The molecule has 0 radical (unpaired) electrons. The average Bonchev–Trinajstić information content (AvgIpc) is 3.30. The van der Waals surface area contributed by atoms with Gasteiger partial charge in [0.25, 0.3) is 0 Å². The first-order valence-corrected chi connectivity index (χ1v) is 19.6. The Morgan fingerprint density at radius 2 is 1.53 bits per heavy atom. The van der Waals surface area contributed by atoms with Crippen LogP contribution >= 0.6 is 0 Å². The van der Waals surface area contributed by atoms with Crippen molar-refractivity contribution in [2.75, 3.05) is 0 Å². The second kappa shape index (κ2) is 18.7. The maximum atomic E-state index is 11.7. The van der Waals surface area contributed by atoms with Crippen molar-refractivity contribution in [1.29, 1.82) is 0 Å². The van der Waals surface area contributed by atoms with Gasteiger partial charge in [-0.1, -0.05) is 88.4 Å². The number of nitrogens with zero attached hydrogens (tertiary/aromatic N) is 1. The van der Waals surface area contributed by atoms with E-state index in [1.165, 1.54) is 43.4 Å². The van der Waals surface area contributed by atoms with Gasteiger partial charge in [0, 0.05) is 39.5 Å². The molecule has 0 aliphatic heterocycles. The van der Waals surface area contributed by atoms with Crippen LogP contribution in [0, 0.1) is 11.8 Å². The van der Waals surface area contributed by atoms with Crippen molar-refractivity contribution in [3.63, 3.8) is 0 Å². The molecule has 3 unspecified atom stereocenters. The Morgan fingerprint density at radius 3 is 2.09 bits per heavy atom. The van der Waals surface area contributed by atoms with Crippen LogP contribution in [0.1, 0.15) is 119 Å². The van der Waals surface area contributed by atoms with Crippen LogP contribution in [-0.4, -0.2) is 21.2 Å². The van der Waals surface area contributed by atoms with E-state index in [1.54, 1.807) is 20.8 Å². The highest BCUT2D eigenvalue weighted by Gasteiger charge is 2.30. The fourth-order valence-electron chi connectivity index (χ4n) is 7.64. The van der Waals surface area contributed by atoms with E-state index in [4.69, 9.17) is 10.8 Å². The van der Waals surface area contributed by atoms with E-state index < -0.39 is 11.1 Å². The highest BCUT2D eigenvalue weighted by Crippen LogP contribution is 2.38. The molecule has 0 spiro atoms. The Morgan fingerprint density at radius 1 is 0.943 bits per heavy atom. The van der Waals surface area contributed by atoms with Gasteiger partial charge in [0.15, 0.2) is 0 Å². The molecular weight excluding hydrogens is 649 g/mol. The van der Waals surface area contributed by atoms with Crippen LogP contribution < -0.4 is 16.2 Å². The maximum Gasteiger partial charge on any atom is 0.123 e. The molecule has 4 aromatic rings. The molecule has 4 heteroatoms. The molecule has 4 nitrogen and oxygen atoms in total. The van der Waals surface area contributed by atoms with E-state index in [-0.39, 0.29) is 11.8 Å². The summed E-state index contributed by atoms with van der Waals surface area (Å²) in [6.45, 7) is 31.6. The van der Waals surface area contributed by atoms with E-state index in [2.05, 4.69) is 124 Å². The van der Waals surface area contributed by atoms with E-state index in [9.17, 15) is 4.79 Å². The fourth-order valence-corrected chi connectivity index (χ4v) is 7.64. The number of aryl methyl sites for hydroxylation is 1. The molecule has 1 aliphatic rings. The highest BCUT2D eigenvalue weighted by molar-refractivity contribution is 6.10. The minimum Gasteiger partial charge on any atom is -0.391 e. The predicted molar refractivity (Wildman–Crippen MR) is 232 cm³/mol. The van der Waals surface area contributed by atoms with Gasteiger partial charge in [-0.05, 0) is 155 Å². The molecule has 0 saturated heterocycles. The Bertz CT molecular complexity index is 2120. The van der Waals surface area contributed by atoms with Gasteiger partial charge in [0.1, 0.15) is 5.94 Å². The van der Waals surface area contributed by atoms with Gasteiger partial charge in [-0.3, -0.25) is 0 Å². The summed E-state index contributed by atoms with van der Waals surface area (Å²) in [6, 6.07) is 22.3. The van der Waals surface area contributed by atoms with Crippen LogP contribution in [0.2, 0.25) is 0 Å². The van der Waals surface area contributed by atoms with E-state index in [0.717, 1.165) is 66.5 Å². The summed E-state index contributed by atoms with van der Waals surface area (Å²) >= 11 is 0. The minimum absolute atomic E-state index is 0.129. The fraction of sp³-hybridized carbons (Fsp3) is 0.429. The zero-order valence-electron chi connectivity index (χ0n) is 34.6. The first kappa shape index (κ1) is 43.2. The van der Waals surface area contributed by atoms with Crippen molar-refractivity contribution in [3.05, 3.63) is 119 Å². The molecule has 0 saturated carbocycles. The van der Waals surface area contributed by atoms with E-state index >= 15 is 0 Å². The number of fused-ring (bicyclic) bond motifs is 4. The van der Waals surface area contributed by atoms with Crippen LogP contribution in [-0.2, 0) is 16.9 Å². The third-order valence-corrected chi connectivity index (χ3v) is 10.2. The Hall–Kier alpha value is -4.21. The Labute approximate surface area is 320 Å². The lowest BCUT2D eigenvalue weighted by Gasteiger charge is -2.33. The molecule has 0 bridgehead atoms. The normalized spacial score (nSPS) is 14.8. The van der Waals surface area contributed by atoms with Crippen LogP contribution in [0.15, 0.2) is 97.1 Å². The summed E-state index contributed by atoms with van der Waals surface area (Å²) < 4.78 is 2.39. The van der Waals surface area contributed by atoms with Gasteiger partial charge < -0.3 is 15.4 Å². The number of allylic oxidation sites excluding steroid dienone is 5. The summed E-state index contributed by atoms with van der Waals surface area (Å²) in [5.74, 6) is 2.53. The van der Waals surface area contributed by atoms with Gasteiger partial charge in [-0.2, -0.15) is 0 Å². The number of benzene rings is 3. The van der Waals surface area contributed by atoms with Gasteiger partial charge in [-0.25, -0.2) is 4.79 Å². The third-order valence-electron chi connectivity index (χ3n) is 10.2. The summed E-state index contributed by atoms with van der Waals surface area (Å²) in [5.41, 5.74) is 16.4. The van der Waals surface area contributed by atoms with E-state index in [1.807, 2.05) is 27.7 Å². The van der Waals surface area contributed by atoms with Crippen LogP contribution in [0.25, 0.3) is 38.5 Å². The van der Waals surface area contributed by atoms with Crippen LogP contribution in [0.5, 0.6) is 0 Å². The number of hydrogen-bond donors (Lipinski definition) is 2. The molecule has 3 aromatic carbocycles. The van der Waals surface area contributed by atoms with Crippen molar-refractivity contribution in [1.82, 2.24) is 4.57 Å². The average molecular weight is 715 g/mol. The molecule has 5 rings (SSSR count). The van der Waals surface area contributed by atoms with Gasteiger partial charge >= 0.3 is 0 Å². The van der Waals surface area contributed by atoms with Crippen molar-refractivity contribution in [2.45, 2.75) is 126 Å². The SMILES string of the molecule is C=C(C)CCC(C(C)=C=O)C(C)CC(C)(N)c1ccc2c(c1)c1cc(C(=C)C3=c4ccccc4=C(CC)C=CC3)ccc1n2CC.CC.CC(C)(C)O. The molecule has 53 heavy (non-hydrogen) atoms. The molecule has 0 amide bonds. The maximum absolute atomic E-state index is 11.7. The number of hydrogen-bond acceptors (Lipinski definition) is 3. The molecule has 0 fully saturated rings. The lowest BCUT2D eigenvalue weighted by molar-refractivity contribution is 0.102. The molecule has 3 atom stereocenters. The van der Waals surface area contributed by atoms with Crippen molar-refractivity contribution < 1.29 is 9.90 Å². The number of nitrogens with two attached hydrogens (primary N) is 1. The minimum atomic E-state index is -0.570. The second-order valence-corrected chi connectivity index (χ2v) is 15.9. The molecule has 1 heterocycles. The van der Waals surface area contributed by atoms with Gasteiger partial charge in [0.2, 0.25) is 0 Å². The first-order valence-electron chi connectivity index (χ1n) is 19.6. The third kappa shape index (κ3) is 10.7. The zero-order chi connectivity index (χ0) is 39.7. The highest BCUT2D eigenvalue weighted by atomic mass is 16.3. The first-order chi connectivity index (χ1) is 25.0. The van der Waals surface area contributed by atoms with Crippen molar-refractivity contribution in [3.8, 4) is 0 Å². The second-order valence-electron chi connectivity index (χ2n) is 15.9. The molecule has 284 valence electrons. The zero-order valence-corrected chi connectivity index (χ0v) is 34.6. The smallest absolute Gasteiger partial charge is 0.123 e. The Balaban J connectivity index is 0.000000996. The lowest BCUT2D eigenvalue weighted by atomic mass is 9.75. The standard InChI is InChI=1S/C43H50N2O.C4H10O.C2H6/c1-9-32-14-13-17-36(38-16-12-11-15-37(32)38)31(7)33-19-22-41-39(24-33)40-25-34(20-23-42(40)45(41)10-2)43(8,44)26-29(5)35(30(6)27-46)21-18-28(3)4;1-4(2,3)5;1-2/h11-16,19-20,22-25,29,35H,3,7,9-10,17-18,21,26,44H2,1-2,4-6,8H3;5H,1-3H3;1-2H3. The molecule has 1 aromatic heterocycles. The summed E-state index contributed by atoms with van der Waals surface area (Å²) in [6.07, 6.45) is 8.96. The summed E-state index contributed by atoms with van der Waals surface area (Å²) in [7, 11) is 0. The largest absolute Gasteiger partial charge is 0.391 e. The predicted octanol–water partition coefficient (Wildman–Crippen LogP) is 11.0. The quantitative estimate of drug-likeness (QED) is 0.113. The number of aromatic nitrogens is 1. The number of aliphatic hydroxyl groups is 1. The number of rotatable bonds is 12. The monoisotopic (exact) mass is 715 g/mol. The van der Waals surface area contributed by atoms with Gasteiger partial charge in [0.05, 0.1) is 5.60 Å². The van der Waals surface area contributed by atoms with Crippen molar-refractivity contribution in [2.24, 2.45) is 17.6 Å².